The van der Waals surface area contributed by atoms with Crippen LogP contribution in [0.5, 0.6) is 0 Å². The van der Waals surface area contributed by atoms with Gasteiger partial charge in [0.25, 0.3) is 0 Å². The van der Waals surface area contributed by atoms with Crippen LogP contribution in [-0.2, 0) is 31.5 Å². The highest BCUT2D eigenvalue weighted by atomic mass is 32.5. The number of nitrogens with zero attached hydrogens (tertiary/aromatic N) is 2. The van der Waals surface area contributed by atoms with Gasteiger partial charge in [0.1, 0.15) is 24.1 Å². The van der Waals surface area contributed by atoms with Crippen LogP contribution in [0.2, 0.25) is 0 Å². The number of nitrogen functional groups attached to an aromatic ring is 1. The number of ether oxygens (including phenoxy) is 2. The summed E-state index contributed by atoms with van der Waals surface area (Å²) in [5.41, 5.74) is 3.56. The molecule has 1 fully saturated rings. The van der Waals surface area contributed by atoms with E-state index in [9.17, 15) is 24.8 Å². The first-order chi connectivity index (χ1) is 12.1. The van der Waals surface area contributed by atoms with Crippen LogP contribution in [0.3, 0.4) is 0 Å². The number of aryl methyl sites for hydroxylation is 1. The third kappa shape index (κ3) is 4.14. The molecule has 0 aromatic carbocycles. The molecule has 0 spiro atoms. The Hall–Kier alpha value is -0.950. The van der Waals surface area contributed by atoms with Gasteiger partial charge in [-0.25, -0.2) is 4.79 Å². The van der Waals surface area contributed by atoms with E-state index < -0.39 is 43.1 Å². The monoisotopic (exact) mass is 411 g/mol. The highest BCUT2D eigenvalue weighted by molar-refractivity contribution is 8.06. The van der Waals surface area contributed by atoms with Crippen molar-refractivity contribution in [2.45, 2.75) is 37.4 Å². The Morgan fingerprint density at radius 1 is 1.54 bits per heavy atom. The maximum Gasteiger partial charge on any atom is 0.351 e. The van der Waals surface area contributed by atoms with Crippen LogP contribution in [0, 0.1) is 6.92 Å². The molecule has 0 radical (unpaired) electrons. The van der Waals surface area contributed by atoms with Gasteiger partial charge in [-0.15, -0.1) is 0 Å². The first kappa shape index (κ1) is 21.4. The van der Waals surface area contributed by atoms with E-state index in [1.54, 1.807) is 6.92 Å². The second-order valence-electron chi connectivity index (χ2n) is 5.89. The molecule has 6 N–H and O–H groups in total. The van der Waals surface area contributed by atoms with Crippen LogP contribution in [0.15, 0.2) is 11.0 Å². The number of nitrogens with two attached hydrogens (primary N) is 1. The molecule has 0 bridgehead atoms. The molecule has 1 aliphatic heterocycles. The second-order valence-corrected chi connectivity index (χ2v) is 8.51. The van der Waals surface area contributed by atoms with Gasteiger partial charge in [-0.2, -0.15) is 4.98 Å². The summed E-state index contributed by atoms with van der Waals surface area (Å²) in [4.78, 5) is 35.0. The van der Waals surface area contributed by atoms with Crippen LogP contribution in [0.4, 0.5) is 5.82 Å². The number of aromatic nitrogens is 2. The van der Waals surface area contributed by atoms with Gasteiger partial charge < -0.3 is 35.2 Å². The highest BCUT2D eigenvalue weighted by Gasteiger charge is 2.57. The number of anilines is 1. The summed E-state index contributed by atoms with van der Waals surface area (Å²) in [5.74, 6) is 0.0216. The molecular weight excluding hydrogens is 389 g/mol. The number of methoxy groups -OCH3 is 1. The molecule has 1 aromatic heterocycles. The minimum Gasteiger partial charge on any atom is -0.394 e. The van der Waals surface area contributed by atoms with Gasteiger partial charge >= 0.3 is 12.4 Å². The Balaban J connectivity index is 2.58. The Labute approximate surface area is 154 Å². The third-order valence-corrected chi connectivity index (χ3v) is 4.93. The van der Waals surface area contributed by atoms with Crippen molar-refractivity contribution in [3.63, 3.8) is 0 Å². The van der Waals surface area contributed by atoms with Gasteiger partial charge in [-0.1, -0.05) is 0 Å². The summed E-state index contributed by atoms with van der Waals surface area (Å²) in [7, 11) is 1.42. The van der Waals surface area contributed by atoms with Crippen molar-refractivity contribution in [2.24, 2.45) is 0 Å². The zero-order chi connectivity index (χ0) is 19.7. The minimum absolute atomic E-state index is 0.0216. The lowest BCUT2D eigenvalue weighted by atomic mass is 9.99. The van der Waals surface area contributed by atoms with Crippen molar-refractivity contribution in [3.8, 4) is 0 Å². The predicted molar refractivity (Wildman–Crippen MR) is 93.7 cm³/mol. The standard InChI is InChI=1S/C13H22N3O8PS/c1-7-5-16(12(19)15-11(7)14)13(3-4-22-2)10(18)9(8(6-17)23-13)24-25(20,21)26/h5,8-10,17-18H,3-4,6H2,1-2H3,(H2,14,15,19)(H2,20,21,26)/t8-,9-,10-,13-/m1/s1. The molecule has 26 heavy (non-hydrogen) atoms. The van der Waals surface area contributed by atoms with E-state index in [1.807, 2.05) is 0 Å². The normalized spacial score (nSPS) is 29.2. The van der Waals surface area contributed by atoms with Crippen LogP contribution in [-0.4, -0.2) is 68.2 Å². The molecular formula is C13H22N3O8PS. The quantitative estimate of drug-likeness (QED) is 0.320. The van der Waals surface area contributed by atoms with Gasteiger partial charge in [-0.3, -0.25) is 9.09 Å². The summed E-state index contributed by atoms with van der Waals surface area (Å²) in [6, 6.07) is 0. The van der Waals surface area contributed by atoms with Crippen molar-refractivity contribution >= 4 is 24.3 Å². The van der Waals surface area contributed by atoms with Gasteiger partial charge in [-0.05, 0) is 18.7 Å². The molecule has 1 aromatic rings. The number of hydrogen-bond donors (Lipinski definition) is 5. The largest absolute Gasteiger partial charge is 0.394 e. The zero-order valence-electron chi connectivity index (χ0n) is 14.2. The molecule has 0 aliphatic carbocycles. The van der Waals surface area contributed by atoms with E-state index in [1.165, 1.54) is 13.3 Å². The first-order valence-electron chi connectivity index (χ1n) is 7.61. The van der Waals surface area contributed by atoms with E-state index in [0.717, 1.165) is 4.57 Å². The van der Waals surface area contributed by atoms with Crippen molar-refractivity contribution in [1.82, 2.24) is 9.55 Å². The average molecular weight is 411 g/mol. The lowest BCUT2D eigenvalue weighted by Gasteiger charge is -2.34. The summed E-state index contributed by atoms with van der Waals surface area (Å²) in [5, 5.41) is 20.4. The Morgan fingerprint density at radius 3 is 2.73 bits per heavy atom. The van der Waals surface area contributed by atoms with Gasteiger partial charge in [0.15, 0.2) is 5.72 Å². The molecule has 1 aliphatic rings. The fourth-order valence-electron chi connectivity index (χ4n) is 2.89. The van der Waals surface area contributed by atoms with Gasteiger partial charge in [0.05, 0.1) is 13.2 Å². The summed E-state index contributed by atoms with van der Waals surface area (Å²) in [6.07, 6.45) is -2.81. The summed E-state index contributed by atoms with van der Waals surface area (Å²) in [6.45, 7) is -3.11. The predicted octanol–water partition coefficient (Wildman–Crippen LogP) is -1.83. The fourth-order valence-corrected chi connectivity index (χ4v) is 3.76. The summed E-state index contributed by atoms with van der Waals surface area (Å²) < 4.78 is 16.8. The molecule has 4 atom stereocenters. The van der Waals surface area contributed by atoms with E-state index in [0.29, 0.717) is 5.56 Å². The van der Waals surface area contributed by atoms with Crippen molar-refractivity contribution in [2.75, 3.05) is 26.1 Å². The van der Waals surface area contributed by atoms with E-state index in [4.69, 9.17) is 19.7 Å². The number of aliphatic hydroxyl groups excluding tert-OH is 2. The van der Waals surface area contributed by atoms with E-state index >= 15 is 0 Å². The first-order valence-corrected chi connectivity index (χ1v) is 10.2. The van der Waals surface area contributed by atoms with Crippen LogP contribution < -0.4 is 11.4 Å². The molecule has 148 valence electrons. The lowest BCUT2D eigenvalue weighted by molar-refractivity contribution is -0.161. The third-order valence-electron chi connectivity index (χ3n) is 4.16. The number of aliphatic hydroxyl groups is 2. The molecule has 0 saturated carbocycles. The SMILES string of the molecule is COCC[C@@]1(n2cc(C)c(N)nc2=O)O[C@H](CO)[C@@H](OP(O)(O)=S)[C@H]1O. The minimum atomic E-state index is -4.18. The maximum atomic E-state index is 12.4. The van der Waals surface area contributed by atoms with Crippen molar-refractivity contribution in [1.29, 1.82) is 0 Å². The Morgan fingerprint density at radius 2 is 2.19 bits per heavy atom. The molecule has 0 unspecified atom stereocenters. The number of hydrogen-bond acceptors (Lipinski definition) is 9. The fraction of sp³-hybridized carbons (Fsp3) is 0.692. The zero-order valence-corrected chi connectivity index (χ0v) is 15.9. The van der Waals surface area contributed by atoms with Crippen LogP contribution >= 0.6 is 6.72 Å². The molecule has 11 nitrogen and oxygen atoms in total. The Kier molecular flexibility index (Phi) is 6.54. The van der Waals surface area contributed by atoms with Crippen LogP contribution in [0.25, 0.3) is 0 Å². The van der Waals surface area contributed by atoms with Crippen molar-refractivity contribution < 1.29 is 34.0 Å². The van der Waals surface area contributed by atoms with Crippen LogP contribution in [0.1, 0.15) is 12.0 Å². The lowest BCUT2D eigenvalue weighted by Crippen LogP contribution is -2.51. The van der Waals surface area contributed by atoms with E-state index in [2.05, 4.69) is 16.8 Å². The molecule has 1 saturated heterocycles. The Bertz CT molecular complexity index is 755. The van der Waals surface area contributed by atoms with Gasteiger partial charge in [0, 0.05) is 25.3 Å². The molecule has 13 heteroatoms. The topological polar surface area (TPSA) is 170 Å². The summed E-state index contributed by atoms with van der Waals surface area (Å²) >= 11 is 4.45. The second kappa shape index (κ2) is 7.97. The van der Waals surface area contributed by atoms with E-state index in [-0.39, 0.29) is 18.8 Å². The maximum absolute atomic E-state index is 12.4. The molecule has 2 heterocycles. The molecule has 2 rings (SSSR count). The van der Waals surface area contributed by atoms with Crippen molar-refractivity contribution in [3.05, 3.63) is 22.2 Å². The highest BCUT2D eigenvalue weighted by Crippen LogP contribution is 2.47. The number of rotatable bonds is 7. The average Bonchev–Trinajstić information content (AvgIpc) is 2.81. The van der Waals surface area contributed by atoms with Gasteiger partial charge in [0.2, 0.25) is 0 Å². The molecule has 0 amide bonds. The smallest absolute Gasteiger partial charge is 0.351 e.